The van der Waals surface area contributed by atoms with E-state index in [-0.39, 0.29) is 0 Å². The van der Waals surface area contributed by atoms with Gasteiger partial charge in [-0.3, -0.25) is 4.90 Å². The van der Waals surface area contributed by atoms with E-state index >= 15 is 0 Å². The van der Waals surface area contributed by atoms with Crippen molar-refractivity contribution in [3.8, 4) is 17.3 Å². The van der Waals surface area contributed by atoms with Gasteiger partial charge in [-0.1, -0.05) is 19.3 Å². The zero-order valence-corrected chi connectivity index (χ0v) is 14.3. The van der Waals surface area contributed by atoms with E-state index in [0.717, 1.165) is 35.6 Å². The van der Waals surface area contributed by atoms with Gasteiger partial charge in [0.05, 0.1) is 13.7 Å². The van der Waals surface area contributed by atoms with Crippen molar-refractivity contribution in [3.63, 3.8) is 0 Å². The van der Waals surface area contributed by atoms with Gasteiger partial charge < -0.3 is 9.15 Å². The van der Waals surface area contributed by atoms with Gasteiger partial charge in [-0.2, -0.15) is 0 Å². The highest BCUT2D eigenvalue weighted by atomic mass is 16.5. The summed E-state index contributed by atoms with van der Waals surface area (Å²) in [5.41, 5.74) is 0.744. The molecule has 0 amide bonds. The van der Waals surface area contributed by atoms with Crippen LogP contribution in [0.15, 0.2) is 28.7 Å². The summed E-state index contributed by atoms with van der Waals surface area (Å²) in [5, 5.41) is 8.15. The molecule has 128 valence electrons. The molecular formula is C19H25N3O2. The molecule has 2 aliphatic rings. The molecule has 5 nitrogen and oxygen atoms in total. The molecule has 0 spiro atoms. The van der Waals surface area contributed by atoms with Crippen molar-refractivity contribution in [2.24, 2.45) is 11.8 Å². The monoisotopic (exact) mass is 327 g/mol. The second-order valence-electron chi connectivity index (χ2n) is 7.06. The van der Waals surface area contributed by atoms with Gasteiger partial charge in [-0.15, -0.1) is 10.2 Å². The van der Waals surface area contributed by atoms with Gasteiger partial charge in [-0.25, -0.2) is 0 Å². The standard InChI is InChI=1S/C19H25N3O2/c1-23-19-9-7-17(20-21-19)18-8-6-16(24-18)13-22-11-10-14-4-2-3-5-15(14)12-22/h6-9,14-15H,2-5,10-13H2,1H3/t14-,15-/m0/s1. The third kappa shape index (κ3) is 3.31. The summed E-state index contributed by atoms with van der Waals surface area (Å²) >= 11 is 0. The van der Waals surface area contributed by atoms with E-state index in [4.69, 9.17) is 9.15 Å². The Bertz CT molecular complexity index is 668. The van der Waals surface area contributed by atoms with Crippen LogP contribution in [0.2, 0.25) is 0 Å². The highest BCUT2D eigenvalue weighted by molar-refractivity contribution is 5.51. The number of aromatic nitrogens is 2. The van der Waals surface area contributed by atoms with Crippen molar-refractivity contribution < 1.29 is 9.15 Å². The predicted molar refractivity (Wildman–Crippen MR) is 91.6 cm³/mol. The lowest BCUT2D eigenvalue weighted by atomic mass is 9.75. The Morgan fingerprint density at radius 1 is 1.08 bits per heavy atom. The molecule has 1 saturated heterocycles. The van der Waals surface area contributed by atoms with Crippen LogP contribution in [-0.4, -0.2) is 35.3 Å². The van der Waals surface area contributed by atoms with Crippen molar-refractivity contribution in [3.05, 3.63) is 30.0 Å². The molecular weight excluding hydrogens is 302 g/mol. The van der Waals surface area contributed by atoms with E-state index < -0.39 is 0 Å². The van der Waals surface area contributed by atoms with Gasteiger partial charge in [0.25, 0.3) is 0 Å². The molecule has 2 aromatic heterocycles. The smallest absolute Gasteiger partial charge is 0.233 e. The summed E-state index contributed by atoms with van der Waals surface area (Å²) in [6.07, 6.45) is 7.05. The Hall–Kier alpha value is -1.88. The van der Waals surface area contributed by atoms with Crippen molar-refractivity contribution >= 4 is 0 Å². The van der Waals surface area contributed by atoms with Crippen LogP contribution in [0.4, 0.5) is 0 Å². The van der Waals surface area contributed by atoms with E-state index in [9.17, 15) is 0 Å². The predicted octanol–water partition coefficient (Wildman–Crippen LogP) is 3.76. The minimum absolute atomic E-state index is 0.515. The second kappa shape index (κ2) is 6.93. The topological polar surface area (TPSA) is 51.4 Å². The minimum atomic E-state index is 0.515. The Kier molecular flexibility index (Phi) is 4.52. The molecule has 0 N–H and O–H groups in total. The molecule has 0 unspecified atom stereocenters. The highest BCUT2D eigenvalue weighted by Gasteiger charge is 2.31. The molecule has 5 heteroatoms. The fraction of sp³-hybridized carbons (Fsp3) is 0.579. The van der Waals surface area contributed by atoms with Crippen LogP contribution in [0.5, 0.6) is 5.88 Å². The Morgan fingerprint density at radius 2 is 1.96 bits per heavy atom. The lowest BCUT2D eigenvalue weighted by Gasteiger charge is -2.41. The molecule has 0 aromatic carbocycles. The molecule has 3 heterocycles. The molecule has 0 radical (unpaired) electrons. The van der Waals surface area contributed by atoms with E-state index in [1.54, 1.807) is 13.2 Å². The van der Waals surface area contributed by atoms with Crippen LogP contribution in [0.3, 0.4) is 0 Å². The average molecular weight is 327 g/mol. The van der Waals surface area contributed by atoms with Crippen LogP contribution in [0.1, 0.15) is 37.9 Å². The first-order chi connectivity index (χ1) is 11.8. The molecule has 2 aromatic rings. The van der Waals surface area contributed by atoms with Crippen LogP contribution in [-0.2, 0) is 6.54 Å². The first kappa shape index (κ1) is 15.6. The molecule has 1 aliphatic carbocycles. The zero-order valence-electron chi connectivity index (χ0n) is 14.3. The van der Waals surface area contributed by atoms with Crippen LogP contribution in [0, 0.1) is 11.8 Å². The first-order valence-electron chi connectivity index (χ1n) is 9.01. The fourth-order valence-corrected chi connectivity index (χ4v) is 4.20. The number of piperidine rings is 1. The minimum Gasteiger partial charge on any atom is -0.480 e. The number of furan rings is 1. The van der Waals surface area contributed by atoms with Gasteiger partial charge in [0.1, 0.15) is 11.5 Å². The number of hydrogen-bond donors (Lipinski definition) is 0. The Labute approximate surface area is 143 Å². The summed E-state index contributed by atoms with van der Waals surface area (Å²) in [6.45, 7) is 3.31. The molecule has 2 fully saturated rings. The largest absolute Gasteiger partial charge is 0.480 e. The number of ether oxygens (including phenoxy) is 1. The molecule has 4 rings (SSSR count). The van der Waals surface area contributed by atoms with Crippen molar-refractivity contribution in [1.82, 2.24) is 15.1 Å². The van der Waals surface area contributed by atoms with E-state index in [1.165, 1.54) is 45.2 Å². The number of hydrogen-bond acceptors (Lipinski definition) is 5. The average Bonchev–Trinajstić information content (AvgIpc) is 3.10. The fourth-order valence-electron chi connectivity index (χ4n) is 4.20. The first-order valence-corrected chi connectivity index (χ1v) is 9.01. The van der Waals surface area contributed by atoms with Gasteiger partial charge in [0.2, 0.25) is 5.88 Å². The lowest BCUT2D eigenvalue weighted by Crippen LogP contribution is -2.41. The number of rotatable bonds is 4. The zero-order chi connectivity index (χ0) is 16.4. The number of fused-ring (bicyclic) bond motifs is 1. The quantitative estimate of drug-likeness (QED) is 0.856. The van der Waals surface area contributed by atoms with Gasteiger partial charge in [0, 0.05) is 12.6 Å². The van der Waals surface area contributed by atoms with Crippen LogP contribution >= 0.6 is 0 Å². The van der Waals surface area contributed by atoms with E-state index in [2.05, 4.69) is 21.2 Å². The number of nitrogens with zero attached hydrogens (tertiary/aromatic N) is 3. The summed E-state index contributed by atoms with van der Waals surface area (Å²) in [5.74, 6) is 4.16. The van der Waals surface area contributed by atoms with Crippen molar-refractivity contribution in [2.75, 3.05) is 20.2 Å². The Balaban J connectivity index is 1.39. The van der Waals surface area contributed by atoms with Gasteiger partial charge >= 0.3 is 0 Å². The summed E-state index contributed by atoms with van der Waals surface area (Å²) in [4.78, 5) is 2.55. The maximum Gasteiger partial charge on any atom is 0.233 e. The maximum atomic E-state index is 6.00. The third-order valence-corrected chi connectivity index (χ3v) is 5.52. The van der Waals surface area contributed by atoms with E-state index in [0.29, 0.717) is 5.88 Å². The highest BCUT2D eigenvalue weighted by Crippen LogP contribution is 2.36. The normalized spacial score (nSPS) is 24.5. The molecule has 2 atom stereocenters. The van der Waals surface area contributed by atoms with Gasteiger partial charge in [0.15, 0.2) is 5.76 Å². The van der Waals surface area contributed by atoms with Crippen molar-refractivity contribution in [1.29, 1.82) is 0 Å². The molecule has 0 bridgehead atoms. The summed E-state index contributed by atoms with van der Waals surface area (Å²) in [7, 11) is 1.59. The summed E-state index contributed by atoms with van der Waals surface area (Å²) in [6, 6.07) is 7.73. The molecule has 24 heavy (non-hydrogen) atoms. The van der Waals surface area contributed by atoms with E-state index in [1.807, 2.05) is 12.1 Å². The number of likely N-dealkylation sites (tertiary alicyclic amines) is 1. The Morgan fingerprint density at radius 3 is 2.75 bits per heavy atom. The second-order valence-corrected chi connectivity index (χ2v) is 7.06. The van der Waals surface area contributed by atoms with Gasteiger partial charge in [-0.05, 0) is 49.4 Å². The van der Waals surface area contributed by atoms with Crippen LogP contribution < -0.4 is 4.74 Å². The van der Waals surface area contributed by atoms with Crippen molar-refractivity contribution in [2.45, 2.75) is 38.6 Å². The SMILES string of the molecule is COc1ccc(-c2ccc(CN3CC[C@@H]4CCCC[C@H]4C3)o2)nn1. The maximum absolute atomic E-state index is 6.00. The molecule has 1 saturated carbocycles. The number of methoxy groups -OCH3 is 1. The third-order valence-electron chi connectivity index (χ3n) is 5.52. The lowest BCUT2D eigenvalue weighted by molar-refractivity contribution is 0.0776. The molecule has 1 aliphatic heterocycles. The summed E-state index contributed by atoms with van der Waals surface area (Å²) < 4.78 is 11.0. The van der Waals surface area contributed by atoms with Crippen LogP contribution in [0.25, 0.3) is 11.5 Å².